The van der Waals surface area contributed by atoms with Crippen LogP contribution in [0.2, 0.25) is 0 Å². The van der Waals surface area contributed by atoms with Crippen LogP contribution in [-0.2, 0) is 33.2 Å². The van der Waals surface area contributed by atoms with Crippen LogP contribution < -0.4 is 10.6 Å². The number of thiocarbonyl (C=S) groups is 1. The maximum Gasteiger partial charge on any atom is 0.311 e. The number of esters is 1. The summed E-state index contributed by atoms with van der Waals surface area (Å²) in [4.78, 5) is 18.5. The number of nitrogens with one attached hydrogen (secondary N) is 2. The maximum absolute atomic E-state index is 14.5. The zero-order chi connectivity index (χ0) is 47.1. The Morgan fingerprint density at radius 1 is 0.984 bits per heavy atom. The molecule has 3 aliphatic heterocycles. The Morgan fingerprint density at radius 2 is 1.63 bits per heavy atom. The second-order valence-electron chi connectivity index (χ2n) is 20.1. The summed E-state index contributed by atoms with van der Waals surface area (Å²) < 4.78 is 38.0. The lowest BCUT2D eigenvalue weighted by molar-refractivity contribution is -0.318. The predicted molar refractivity (Wildman–Crippen MR) is 241 cm³/mol. The molecule has 0 bridgehead atoms. The molecule has 3 rings (SSSR count). The number of aliphatic hydroxyl groups excluding tert-OH is 3. The highest BCUT2D eigenvalue weighted by molar-refractivity contribution is 7.80. The van der Waals surface area contributed by atoms with Crippen LogP contribution in [0.1, 0.15) is 115 Å². The van der Waals surface area contributed by atoms with Crippen LogP contribution in [0.25, 0.3) is 0 Å². The first-order valence-electron chi connectivity index (χ1n) is 23.0. The van der Waals surface area contributed by atoms with E-state index in [2.05, 4.69) is 29.4 Å². The van der Waals surface area contributed by atoms with Crippen LogP contribution in [0.5, 0.6) is 0 Å². The molecule has 18 atom stereocenters. The van der Waals surface area contributed by atoms with Gasteiger partial charge in [-0.25, -0.2) is 0 Å². The van der Waals surface area contributed by atoms with E-state index in [1.54, 1.807) is 34.6 Å². The van der Waals surface area contributed by atoms with Crippen molar-refractivity contribution in [3.63, 3.8) is 0 Å². The van der Waals surface area contributed by atoms with Crippen molar-refractivity contribution in [2.24, 2.45) is 23.7 Å². The Morgan fingerprint density at radius 3 is 2.21 bits per heavy atom. The molecule has 17 heteroatoms. The third-order valence-electron chi connectivity index (χ3n) is 13.6. The van der Waals surface area contributed by atoms with Crippen LogP contribution >= 0.6 is 12.2 Å². The molecule has 0 spiro atoms. The Labute approximate surface area is 378 Å². The lowest BCUT2D eigenvalue weighted by atomic mass is 9.77. The molecule has 0 saturated carbocycles. The van der Waals surface area contributed by atoms with Crippen LogP contribution in [0.3, 0.4) is 0 Å². The van der Waals surface area contributed by atoms with E-state index < -0.39 is 96.0 Å². The standard InChI is InChI=1S/C45H86N4O12S/c1-16-33-45(12,55)37(51)30(8)49(19-17-18-46-42(62)47-23-25(2)3)24-26(4)21-43(10,54)39(61-41-35(50)32(48(13)14)20-27(5)57-41)28(6)36(29(7)40(53)59-33)60-34-22-44(11,56-15)38(52)31(9)58-34/h25-39,41,50-52,54-55H,16-24H2,1-15H3,(H2,46,47,62)/t26-,27-,28+,29-,30-,31+,32+,33-,34+,35-,36+,37-,38+,39-,41+,43-,44-,45-/m1/s1. The Balaban J connectivity index is 2.14. The number of aliphatic hydroxyl groups is 5. The normalized spacial score (nSPS) is 43.5. The zero-order valence-electron chi connectivity index (χ0n) is 40.5. The Hall–Kier alpha value is -1.32. The molecule has 0 aromatic carbocycles. The van der Waals surface area contributed by atoms with Gasteiger partial charge in [-0.15, -0.1) is 0 Å². The molecular formula is C45H86N4O12S. The largest absolute Gasteiger partial charge is 0.459 e. The molecule has 3 heterocycles. The van der Waals surface area contributed by atoms with Gasteiger partial charge in [0.1, 0.15) is 30.0 Å². The second-order valence-corrected chi connectivity index (χ2v) is 20.5. The van der Waals surface area contributed by atoms with Gasteiger partial charge in [-0.3, -0.25) is 9.69 Å². The van der Waals surface area contributed by atoms with Crippen molar-refractivity contribution in [2.75, 3.05) is 47.4 Å². The van der Waals surface area contributed by atoms with E-state index in [1.807, 2.05) is 46.7 Å². The number of hydrogen-bond acceptors (Lipinski definition) is 15. The summed E-state index contributed by atoms with van der Waals surface area (Å²) >= 11 is 5.48. The van der Waals surface area contributed by atoms with Crippen molar-refractivity contribution in [2.45, 2.75) is 205 Å². The van der Waals surface area contributed by atoms with E-state index in [0.717, 1.165) is 6.54 Å². The number of cyclic esters (lactones) is 1. The van der Waals surface area contributed by atoms with Crippen LogP contribution in [-0.4, -0.2) is 184 Å². The van der Waals surface area contributed by atoms with Crippen LogP contribution in [0, 0.1) is 23.7 Å². The van der Waals surface area contributed by atoms with Gasteiger partial charge in [0, 0.05) is 57.7 Å². The van der Waals surface area contributed by atoms with Crippen molar-refractivity contribution in [3.8, 4) is 0 Å². The highest BCUT2D eigenvalue weighted by atomic mass is 32.1. The van der Waals surface area contributed by atoms with Gasteiger partial charge in [-0.05, 0) is 112 Å². The quantitative estimate of drug-likeness (QED) is 0.0807. The predicted octanol–water partition coefficient (Wildman–Crippen LogP) is 2.78. The van der Waals surface area contributed by atoms with Gasteiger partial charge in [0.2, 0.25) is 0 Å². The summed E-state index contributed by atoms with van der Waals surface area (Å²) in [6.45, 7) is 24.2. The average Bonchev–Trinajstić information content (AvgIpc) is 3.19. The van der Waals surface area contributed by atoms with Crippen molar-refractivity contribution in [3.05, 3.63) is 0 Å². The van der Waals surface area contributed by atoms with Gasteiger partial charge in [0.25, 0.3) is 0 Å². The molecule has 364 valence electrons. The summed E-state index contributed by atoms with van der Waals surface area (Å²) in [5.41, 5.74) is -4.52. The number of rotatable bonds is 13. The van der Waals surface area contributed by atoms with Crippen LogP contribution in [0.4, 0.5) is 0 Å². The Bertz CT molecular complexity index is 1400. The molecule has 0 amide bonds. The third kappa shape index (κ3) is 14.1. The minimum absolute atomic E-state index is 0.118. The van der Waals surface area contributed by atoms with E-state index in [4.69, 9.17) is 40.6 Å². The van der Waals surface area contributed by atoms with Gasteiger partial charge >= 0.3 is 5.97 Å². The molecule has 16 nitrogen and oxygen atoms in total. The summed E-state index contributed by atoms with van der Waals surface area (Å²) in [6.07, 6.45) is -7.95. The molecule has 7 N–H and O–H groups in total. The van der Waals surface area contributed by atoms with Crippen molar-refractivity contribution in [1.82, 2.24) is 20.4 Å². The molecule has 0 radical (unpaired) electrons. The molecule has 62 heavy (non-hydrogen) atoms. The zero-order valence-corrected chi connectivity index (χ0v) is 41.3. The number of hydrogen-bond donors (Lipinski definition) is 7. The van der Waals surface area contributed by atoms with E-state index in [1.165, 1.54) is 14.0 Å². The van der Waals surface area contributed by atoms with Crippen molar-refractivity contribution < 1.29 is 58.7 Å². The average molecular weight is 907 g/mol. The number of methoxy groups -OCH3 is 1. The lowest BCUT2D eigenvalue weighted by Gasteiger charge is -2.48. The first kappa shape index (κ1) is 55.0. The van der Waals surface area contributed by atoms with Gasteiger partial charge in [-0.1, -0.05) is 34.6 Å². The monoisotopic (exact) mass is 907 g/mol. The highest BCUT2D eigenvalue weighted by Gasteiger charge is 2.53. The van der Waals surface area contributed by atoms with Gasteiger partial charge in [0.15, 0.2) is 17.7 Å². The van der Waals surface area contributed by atoms with Gasteiger partial charge in [-0.2, -0.15) is 0 Å². The highest BCUT2D eigenvalue weighted by Crippen LogP contribution is 2.40. The van der Waals surface area contributed by atoms with E-state index in [0.29, 0.717) is 43.5 Å². The first-order chi connectivity index (χ1) is 28.7. The fourth-order valence-electron chi connectivity index (χ4n) is 9.74. The summed E-state index contributed by atoms with van der Waals surface area (Å²) in [7, 11) is 5.29. The SMILES string of the molecule is CC[C@H]1OC(=O)[C@H](C)[C@@H](O[C@H]2C[C@@](C)(OC)[C@@H](O)[C@H](C)O2)[C@H](C)[C@@H](O[C@@H]2O[C@H](C)C[C@H](N(C)C)[C@H]2O)[C@](C)(O)C[C@@H](C)CN(CCCNC(=S)NCC(C)C)[C@H](C)[C@@H](O)[C@]1(C)O. The minimum atomic E-state index is -1.86. The number of carbonyl (C=O) groups is 1. The molecule has 0 aromatic heterocycles. The molecule has 3 fully saturated rings. The van der Waals surface area contributed by atoms with E-state index in [-0.39, 0.29) is 37.3 Å². The molecular weight excluding hydrogens is 821 g/mol. The topological polar surface area (TPSA) is 204 Å². The summed E-state index contributed by atoms with van der Waals surface area (Å²) in [5.74, 6) is -2.29. The van der Waals surface area contributed by atoms with Crippen LogP contribution in [0.15, 0.2) is 0 Å². The summed E-state index contributed by atoms with van der Waals surface area (Å²) in [5, 5.41) is 66.7. The molecule has 3 saturated heterocycles. The van der Waals surface area contributed by atoms with E-state index >= 15 is 0 Å². The molecule has 0 aromatic rings. The molecule has 3 aliphatic rings. The smallest absolute Gasteiger partial charge is 0.311 e. The summed E-state index contributed by atoms with van der Waals surface area (Å²) in [6, 6.07) is -0.900. The van der Waals surface area contributed by atoms with Crippen molar-refractivity contribution in [1.29, 1.82) is 0 Å². The Kier molecular flexibility index (Phi) is 20.8. The van der Waals surface area contributed by atoms with Gasteiger partial charge in [0.05, 0.1) is 41.5 Å². The minimum Gasteiger partial charge on any atom is -0.459 e. The number of carbonyl (C=O) groups excluding carboxylic acids is 1. The number of nitrogens with zero attached hydrogens (tertiary/aromatic N) is 2. The van der Waals surface area contributed by atoms with Gasteiger partial charge < -0.3 is 69.5 Å². The van der Waals surface area contributed by atoms with Crippen molar-refractivity contribution >= 4 is 23.3 Å². The van der Waals surface area contributed by atoms with E-state index in [9.17, 15) is 30.3 Å². The third-order valence-corrected chi connectivity index (χ3v) is 13.9. The molecule has 0 unspecified atom stereocenters. The fraction of sp³-hybridized carbons (Fsp3) is 0.956. The second kappa shape index (κ2) is 23.4. The number of likely N-dealkylation sites (N-methyl/N-ethyl adjacent to an activating group) is 1. The lowest BCUT2D eigenvalue weighted by Crippen LogP contribution is -2.60. The fourth-order valence-corrected chi connectivity index (χ4v) is 9.93. The molecule has 0 aliphatic carbocycles. The maximum atomic E-state index is 14.5. The number of ether oxygens (including phenoxy) is 6. The first-order valence-corrected chi connectivity index (χ1v) is 23.4.